The number of nitrogens with one attached hydrogen (secondary N) is 1. The fraction of sp³-hybridized carbons (Fsp3) is 0.333. The number of nitrogens with two attached hydrogens (primary N) is 1. The number of nitrogens with zero attached hydrogens (tertiary/aromatic N) is 4. The molecule has 3 aromatic rings. The van der Waals surface area contributed by atoms with Crippen LogP contribution in [0.1, 0.15) is 23.0 Å². The minimum Gasteiger partial charge on any atom is -0.275 e. The highest BCUT2D eigenvalue weighted by Crippen LogP contribution is 2.24. The maximum absolute atomic E-state index is 5.76. The largest absolute Gasteiger partial charge is 0.275 e. The highest BCUT2D eigenvalue weighted by Gasteiger charge is 2.19. The van der Waals surface area contributed by atoms with Gasteiger partial charge in [-0.2, -0.15) is 10.2 Å². The highest BCUT2D eigenvalue weighted by atomic mass is 15.3. The molecule has 2 aromatic heterocycles. The van der Waals surface area contributed by atoms with Crippen molar-refractivity contribution >= 4 is 10.9 Å². The number of hydrogen-bond donors (Lipinski definition) is 2. The van der Waals surface area contributed by atoms with E-state index in [1.165, 1.54) is 5.39 Å². The van der Waals surface area contributed by atoms with Crippen molar-refractivity contribution in [3.05, 3.63) is 47.4 Å². The molecule has 0 radical (unpaired) electrons. The number of aromatic nitrogens is 4. The van der Waals surface area contributed by atoms with Gasteiger partial charge in [0.15, 0.2) is 0 Å². The Hall–Kier alpha value is -2.18. The Morgan fingerprint density at radius 3 is 2.67 bits per heavy atom. The maximum atomic E-state index is 5.76. The lowest BCUT2D eigenvalue weighted by Crippen LogP contribution is -2.30. The second kappa shape index (κ2) is 5.31. The summed E-state index contributed by atoms with van der Waals surface area (Å²) >= 11 is 0. The molecule has 0 saturated heterocycles. The Morgan fingerprint density at radius 2 is 2.00 bits per heavy atom. The van der Waals surface area contributed by atoms with Gasteiger partial charge >= 0.3 is 0 Å². The van der Waals surface area contributed by atoms with Crippen LogP contribution in [0.4, 0.5) is 0 Å². The summed E-state index contributed by atoms with van der Waals surface area (Å²) in [6.45, 7) is 2.00. The van der Waals surface area contributed by atoms with Crippen molar-refractivity contribution in [2.24, 2.45) is 19.9 Å². The third kappa shape index (κ3) is 2.43. The van der Waals surface area contributed by atoms with E-state index in [4.69, 9.17) is 5.84 Å². The van der Waals surface area contributed by atoms with E-state index in [9.17, 15) is 0 Å². The zero-order valence-corrected chi connectivity index (χ0v) is 12.5. The van der Waals surface area contributed by atoms with Gasteiger partial charge in [0.2, 0.25) is 0 Å². The van der Waals surface area contributed by atoms with Crippen molar-refractivity contribution in [3.63, 3.8) is 0 Å². The summed E-state index contributed by atoms with van der Waals surface area (Å²) in [6.07, 6.45) is 2.73. The molecule has 21 heavy (non-hydrogen) atoms. The van der Waals surface area contributed by atoms with Gasteiger partial charge in [0.25, 0.3) is 0 Å². The molecule has 1 unspecified atom stereocenters. The van der Waals surface area contributed by atoms with E-state index in [2.05, 4.69) is 27.8 Å². The summed E-state index contributed by atoms with van der Waals surface area (Å²) in [7, 11) is 3.88. The summed E-state index contributed by atoms with van der Waals surface area (Å²) in [4.78, 5) is 0. The molecule has 1 aromatic carbocycles. The van der Waals surface area contributed by atoms with E-state index in [-0.39, 0.29) is 6.04 Å². The van der Waals surface area contributed by atoms with Crippen LogP contribution in [0.5, 0.6) is 0 Å². The minimum absolute atomic E-state index is 0.00277. The Kier molecular flexibility index (Phi) is 3.48. The van der Waals surface area contributed by atoms with Gasteiger partial charge in [0.05, 0.1) is 22.9 Å². The Balaban J connectivity index is 1.98. The van der Waals surface area contributed by atoms with E-state index < -0.39 is 0 Å². The van der Waals surface area contributed by atoms with E-state index in [1.807, 2.05) is 48.7 Å². The van der Waals surface area contributed by atoms with Crippen LogP contribution >= 0.6 is 0 Å². The van der Waals surface area contributed by atoms with Crippen molar-refractivity contribution in [2.75, 3.05) is 0 Å². The predicted octanol–water partition coefficient (Wildman–Crippen LogP) is 1.36. The first-order valence-electron chi connectivity index (χ1n) is 6.97. The van der Waals surface area contributed by atoms with Crippen LogP contribution in [0.3, 0.4) is 0 Å². The van der Waals surface area contributed by atoms with Crippen molar-refractivity contribution in [3.8, 4) is 0 Å². The molecule has 0 aliphatic rings. The molecule has 0 aliphatic carbocycles. The van der Waals surface area contributed by atoms with Crippen LogP contribution < -0.4 is 11.3 Å². The number of hydrazine groups is 1. The zero-order valence-electron chi connectivity index (χ0n) is 12.5. The van der Waals surface area contributed by atoms with Crippen LogP contribution in [0.2, 0.25) is 0 Å². The van der Waals surface area contributed by atoms with Gasteiger partial charge in [0.1, 0.15) is 0 Å². The number of hydrogen-bond acceptors (Lipinski definition) is 4. The average molecular weight is 284 g/mol. The normalized spacial score (nSPS) is 13.0. The van der Waals surface area contributed by atoms with Crippen LogP contribution in [0.15, 0.2) is 30.5 Å². The SMILES string of the molecule is Cc1nn(C)cc1C(Cc1nn(C)c2ccccc12)NN. The summed E-state index contributed by atoms with van der Waals surface area (Å²) < 4.78 is 3.72. The first kappa shape index (κ1) is 13.8. The molecule has 0 aliphatic heterocycles. The first-order chi connectivity index (χ1) is 10.1. The van der Waals surface area contributed by atoms with E-state index in [0.29, 0.717) is 0 Å². The predicted molar refractivity (Wildman–Crippen MR) is 82.4 cm³/mol. The molecule has 110 valence electrons. The summed E-state index contributed by atoms with van der Waals surface area (Å²) in [5.74, 6) is 5.76. The topological polar surface area (TPSA) is 73.7 Å². The Labute approximate surface area is 123 Å². The van der Waals surface area contributed by atoms with E-state index in [1.54, 1.807) is 0 Å². The Morgan fingerprint density at radius 1 is 1.24 bits per heavy atom. The van der Waals surface area contributed by atoms with Crippen LogP contribution in [0.25, 0.3) is 10.9 Å². The molecule has 3 N–H and O–H groups in total. The van der Waals surface area contributed by atoms with Gasteiger partial charge in [-0.15, -0.1) is 0 Å². The first-order valence-corrected chi connectivity index (χ1v) is 6.97. The fourth-order valence-corrected chi connectivity index (χ4v) is 2.85. The maximum Gasteiger partial charge on any atom is 0.0722 e. The van der Waals surface area contributed by atoms with E-state index in [0.717, 1.165) is 28.9 Å². The quantitative estimate of drug-likeness (QED) is 0.560. The molecule has 0 spiro atoms. The van der Waals surface area contributed by atoms with Gasteiger partial charge in [0, 0.05) is 37.7 Å². The minimum atomic E-state index is -0.00277. The molecule has 0 fully saturated rings. The lowest BCUT2D eigenvalue weighted by Gasteiger charge is -2.14. The second-order valence-electron chi connectivity index (χ2n) is 5.35. The van der Waals surface area contributed by atoms with Gasteiger partial charge in [-0.1, -0.05) is 18.2 Å². The molecule has 0 amide bonds. The summed E-state index contributed by atoms with van der Waals surface area (Å²) in [5.41, 5.74) is 7.16. The molecule has 3 rings (SSSR count). The van der Waals surface area contributed by atoms with Gasteiger partial charge in [-0.25, -0.2) is 0 Å². The van der Waals surface area contributed by atoms with Gasteiger partial charge < -0.3 is 0 Å². The molecular weight excluding hydrogens is 264 g/mol. The molecule has 0 saturated carbocycles. The highest BCUT2D eigenvalue weighted by molar-refractivity contribution is 5.81. The number of benzene rings is 1. The van der Waals surface area contributed by atoms with Crippen LogP contribution in [0, 0.1) is 6.92 Å². The molecular formula is C15H20N6. The standard InChI is InChI=1S/C15H20N6/c1-10-12(9-20(2)18-10)13(17-16)8-14-11-6-4-5-7-15(11)21(3)19-14/h4-7,9,13,17H,8,16H2,1-3H3. The number of aryl methyl sites for hydroxylation is 3. The summed E-state index contributed by atoms with van der Waals surface area (Å²) in [5, 5.41) is 10.2. The fourth-order valence-electron chi connectivity index (χ4n) is 2.85. The van der Waals surface area contributed by atoms with E-state index >= 15 is 0 Å². The zero-order chi connectivity index (χ0) is 15.0. The number of rotatable bonds is 4. The molecule has 0 bridgehead atoms. The van der Waals surface area contributed by atoms with Crippen molar-refractivity contribution in [1.82, 2.24) is 25.0 Å². The lowest BCUT2D eigenvalue weighted by molar-refractivity contribution is 0.540. The third-order valence-corrected chi connectivity index (χ3v) is 3.86. The molecule has 1 atom stereocenters. The lowest BCUT2D eigenvalue weighted by atomic mass is 10.0. The van der Waals surface area contributed by atoms with Gasteiger partial charge in [-0.05, 0) is 13.0 Å². The van der Waals surface area contributed by atoms with Crippen LogP contribution in [-0.2, 0) is 20.5 Å². The van der Waals surface area contributed by atoms with Crippen molar-refractivity contribution in [2.45, 2.75) is 19.4 Å². The second-order valence-corrected chi connectivity index (χ2v) is 5.35. The average Bonchev–Trinajstić information content (AvgIpc) is 2.97. The number of para-hydroxylation sites is 1. The Bertz CT molecular complexity index is 770. The smallest absolute Gasteiger partial charge is 0.0722 e. The molecule has 6 heteroatoms. The molecule has 6 nitrogen and oxygen atoms in total. The molecule has 2 heterocycles. The number of fused-ring (bicyclic) bond motifs is 1. The van der Waals surface area contributed by atoms with Crippen LogP contribution in [-0.4, -0.2) is 19.6 Å². The van der Waals surface area contributed by atoms with Gasteiger partial charge in [-0.3, -0.25) is 20.6 Å². The summed E-state index contributed by atoms with van der Waals surface area (Å²) in [6, 6.07) is 8.23. The van der Waals surface area contributed by atoms with Crippen molar-refractivity contribution < 1.29 is 0 Å². The monoisotopic (exact) mass is 284 g/mol. The third-order valence-electron chi connectivity index (χ3n) is 3.86. The van der Waals surface area contributed by atoms with Crippen molar-refractivity contribution in [1.29, 1.82) is 0 Å².